The first kappa shape index (κ1) is 30.9. The number of unbranched alkanes of at least 4 members (excludes halogenated alkanes) is 1. The van der Waals surface area contributed by atoms with Gasteiger partial charge in [-0.25, -0.2) is 4.79 Å². The van der Waals surface area contributed by atoms with E-state index in [-0.39, 0.29) is 30.9 Å². The van der Waals surface area contributed by atoms with Gasteiger partial charge >= 0.3 is 6.09 Å². The average molecular weight is 505 g/mol. The van der Waals surface area contributed by atoms with Gasteiger partial charge < -0.3 is 25.6 Å². The SMILES string of the molecule is C[C@H](CNC(=O)[C@H](CCc1ccccc1)CC(=O)N(C)CCCCN(C)C(=O)OC(C)(C)C)C(N)=O. The van der Waals surface area contributed by atoms with Crippen molar-refractivity contribution in [2.24, 2.45) is 17.6 Å². The summed E-state index contributed by atoms with van der Waals surface area (Å²) in [5.41, 5.74) is 5.84. The van der Waals surface area contributed by atoms with Crippen LogP contribution in [0.25, 0.3) is 0 Å². The van der Waals surface area contributed by atoms with E-state index in [2.05, 4.69) is 5.32 Å². The van der Waals surface area contributed by atoms with E-state index in [1.165, 1.54) is 4.90 Å². The van der Waals surface area contributed by atoms with E-state index < -0.39 is 23.3 Å². The number of nitrogens with one attached hydrogen (secondary N) is 1. The standard InChI is InChI=1S/C27H44N4O5/c1-20(24(28)33)19-29-25(34)22(15-14-21-12-8-7-9-13-21)18-23(32)30(5)16-10-11-17-31(6)26(35)36-27(2,3)4/h7-9,12-13,20,22H,10-11,14-19H2,1-6H3,(H2,28,33)(H,29,34)/t20-,22-/m1/s1. The number of carbonyl (C=O) groups is 4. The van der Waals surface area contributed by atoms with Gasteiger partial charge in [0.1, 0.15) is 5.60 Å². The maximum atomic E-state index is 12.9. The molecule has 0 spiro atoms. The van der Waals surface area contributed by atoms with Crippen LogP contribution in [0.4, 0.5) is 4.79 Å². The number of hydrogen-bond acceptors (Lipinski definition) is 5. The summed E-state index contributed by atoms with van der Waals surface area (Å²) in [4.78, 5) is 52.3. The molecule has 2 atom stereocenters. The molecule has 0 aliphatic carbocycles. The molecule has 0 aliphatic rings. The Morgan fingerprint density at radius 3 is 2.14 bits per heavy atom. The Kier molecular flexibility index (Phi) is 13.0. The molecule has 1 rings (SSSR count). The van der Waals surface area contributed by atoms with Crippen molar-refractivity contribution in [3.05, 3.63) is 35.9 Å². The maximum Gasteiger partial charge on any atom is 0.410 e. The van der Waals surface area contributed by atoms with Crippen LogP contribution in [-0.4, -0.2) is 72.9 Å². The summed E-state index contributed by atoms with van der Waals surface area (Å²) in [5.74, 6) is -1.85. The molecular weight excluding hydrogens is 460 g/mol. The highest BCUT2D eigenvalue weighted by atomic mass is 16.6. The molecule has 0 fully saturated rings. The van der Waals surface area contributed by atoms with Gasteiger partial charge in [0, 0.05) is 46.1 Å². The molecule has 0 unspecified atom stereocenters. The van der Waals surface area contributed by atoms with E-state index in [0.717, 1.165) is 12.0 Å². The molecule has 4 amide bonds. The molecule has 0 heterocycles. The van der Waals surface area contributed by atoms with Crippen molar-refractivity contribution < 1.29 is 23.9 Å². The quantitative estimate of drug-likeness (QED) is 0.377. The van der Waals surface area contributed by atoms with Crippen LogP contribution in [0.15, 0.2) is 30.3 Å². The highest BCUT2D eigenvalue weighted by Gasteiger charge is 2.25. The number of ether oxygens (including phenoxy) is 1. The van der Waals surface area contributed by atoms with Gasteiger partial charge in [-0.1, -0.05) is 37.3 Å². The first-order valence-corrected chi connectivity index (χ1v) is 12.6. The molecule has 9 nitrogen and oxygen atoms in total. The van der Waals surface area contributed by atoms with E-state index in [9.17, 15) is 19.2 Å². The Hall–Kier alpha value is -3.10. The van der Waals surface area contributed by atoms with Crippen LogP contribution in [0.1, 0.15) is 58.9 Å². The number of rotatable bonds is 14. The van der Waals surface area contributed by atoms with Crippen LogP contribution in [0, 0.1) is 11.8 Å². The highest BCUT2D eigenvalue weighted by Crippen LogP contribution is 2.16. The third-order valence-corrected chi connectivity index (χ3v) is 5.85. The Balaban J connectivity index is 2.59. The summed E-state index contributed by atoms with van der Waals surface area (Å²) >= 11 is 0. The van der Waals surface area contributed by atoms with Gasteiger partial charge in [0.2, 0.25) is 17.7 Å². The lowest BCUT2D eigenvalue weighted by atomic mass is 9.94. The van der Waals surface area contributed by atoms with Crippen LogP contribution in [0.5, 0.6) is 0 Å². The normalized spacial score (nSPS) is 12.8. The van der Waals surface area contributed by atoms with E-state index in [1.54, 1.807) is 25.9 Å². The minimum atomic E-state index is -0.542. The van der Waals surface area contributed by atoms with Crippen LogP contribution < -0.4 is 11.1 Å². The predicted molar refractivity (Wildman–Crippen MR) is 140 cm³/mol. The minimum absolute atomic E-state index is 0.0813. The Morgan fingerprint density at radius 1 is 1.00 bits per heavy atom. The number of benzene rings is 1. The highest BCUT2D eigenvalue weighted by molar-refractivity contribution is 5.86. The van der Waals surface area contributed by atoms with Gasteiger partial charge in [0.15, 0.2) is 0 Å². The molecule has 0 aromatic heterocycles. The lowest BCUT2D eigenvalue weighted by Crippen LogP contribution is -2.40. The Bertz CT molecular complexity index is 853. The summed E-state index contributed by atoms with van der Waals surface area (Å²) in [7, 11) is 3.42. The van der Waals surface area contributed by atoms with Gasteiger partial charge in [-0.3, -0.25) is 14.4 Å². The fourth-order valence-electron chi connectivity index (χ4n) is 3.43. The Morgan fingerprint density at radius 2 is 1.58 bits per heavy atom. The van der Waals surface area contributed by atoms with Gasteiger partial charge in [-0.15, -0.1) is 0 Å². The number of primary amides is 1. The van der Waals surface area contributed by atoms with E-state index >= 15 is 0 Å². The first-order valence-electron chi connectivity index (χ1n) is 12.6. The second kappa shape index (κ2) is 15.1. The molecular formula is C27H44N4O5. The van der Waals surface area contributed by atoms with Crippen molar-refractivity contribution in [2.45, 2.75) is 65.4 Å². The van der Waals surface area contributed by atoms with Crippen molar-refractivity contribution in [2.75, 3.05) is 33.7 Å². The van der Waals surface area contributed by atoms with Gasteiger partial charge in [0.05, 0.1) is 5.92 Å². The molecule has 0 aliphatic heterocycles. The van der Waals surface area contributed by atoms with Gasteiger partial charge in [-0.2, -0.15) is 0 Å². The molecule has 0 radical (unpaired) electrons. The van der Waals surface area contributed by atoms with Gasteiger partial charge in [0.25, 0.3) is 0 Å². The third kappa shape index (κ3) is 12.6. The zero-order chi connectivity index (χ0) is 27.3. The van der Waals surface area contributed by atoms with Crippen molar-refractivity contribution >= 4 is 23.8 Å². The molecule has 1 aromatic carbocycles. The summed E-state index contributed by atoms with van der Waals surface area (Å²) in [6.07, 6.45) is 2.32. The fourth-order valence-corrected chi connectivity index (χ4v) is 3.43. The fraction of sp³-hybridized carbons (Fsp3) is 0.630. The van der Waals surface area contributed by atoms with Crippen LogP contribution in [-0.2, 0) is 25.5 Å². The number of nitrogens with zero attached hydrogens (tertiary/aromatic N) is 2. The number of hydrogen-bond donors (Lipinski definition) is 2. The predicted octanol–water partition coefficient (Wildman–Crippen LogP) is 2.97. The summed E-state index contributed by atoms with van der Waals surface area (Å²) in [5, 5.41) is 2.78. The van der Waals surface area contributed by atoms with Gasteiger partial charge in [-0.05, 0) is 52.0 Å². The number of aryl methyl sites for hydroxylation is 1. The molecule has 3 N–H and O–H groups in total. The molecule has 1 aromatic rings. The zero-order valence-corrected chi connectivity index (χ0v) is 22.7. The topological polar surface area (TPSA) is 122 Å². The smallest absolute Gasteiger partial charge is 0.410 e. The number of nitrogens with two attached hydrogens (primary N) is 1. The monoisotopic (exact) mass is 504 g/mol. The van der Waals surface area contributed by atoms with E-state index in [1.807, 2.05) is 51.1 Å². The summed E-state index contributed by atoms with van der Waals surface area (Å²) in [6, 6.07) is 9.80. The number of carbonyl (C=O) groups excluding carboxylic acids is 4. The molecule has 0 saturated heterocycles. The first-order chi connectivity index (χ1) is 16.8. The van der Waals surface area contributed by atoms with Crippen molar-refractivity contribution in [3.63, 3.8) is 0 Å². The molecule has 0 bridgehead atoms. The molecule has 202 valence electrons. The van der Waals surface area contributed by atoms with Crippen LogP contribution in [0.2, 0.25) is 0 Å². The van der Waals surface area contributed by atoms with Crippen molar-refractivity contribution in [1.29, 1.82) is 0 Å². The van der Waals surface area contributed by atoms with Crippen molar-refractivity contribution in [3.8, 4) is 0 Å². The molecule has 0 saturated carbocycles. The van der Waals surface area contributed by atoms with Crippen molar-refractivity contribution in [1.82, 2.24) is 15.1 Å². The lowest BCUT2D eigenvalue weighted by Gasteiger charge is -2.25. The molecule has 9 heteroatoms. The summed E-state index contributed by atoms with van der Waals surface area (Å²) in [6.45, 7) is 8.32. The number of amides is 4. The van der Waals surface area contributed by atoms with Crippen LogP contribution in [0.3, 0.4) is 0 Å². The largest absolute Gasteiger partial charge is 0.444 e. The lowest BCUT2D eigenvalue weighted by molar-refractivity contribution is -0.135. The minimum Gasteiger partial charge on any atom is -0.444 e. The molecule has 36 heavy (non-hydrogen) atoms. The summed E-state index contributed by atoms with van der Waals surface area (Å²) < 4.78 is 5.34. The Labute approximate surface area is 215 Å². The second-order valence-corrected chi connectivity index (χ2v) is 10.4. The maximum absolute atomic E-state index is 12.9. The van der Waals surface area contributed by atoms with Crippen LogP contribution >= 0.6 is 0 Å². The zero-order valence-electron chi connectivity index (χ0n) is 22.7. The third-order valence-electron chi connectivity index (χ3n) is 5.85. The average Bonchev–Trinajstić information content (AvgIpc) is 2.81. The van der Waals surface area contributed by atoms with E-state index in [0.29, 0.717) is 32.4 Å². The van der Waals surface area contributed by atoms with E-state index in [4.69, 9.17) is 10.5 Å². The second-order valence-electron chi connectivity index (χ2n) is 10.4.